The zero-order valence-corrected chi connectivity index (χ0v) is 9.48. The Labute approximate surface area is 101 Å². The van der Waals surface area contributed by atoms with E-state index in [1.807, 2.05) is 0 Å². The van der Waals surface area contributed by atoms with E-state index in [1.165, 1.54) is 6.20 Å². The largest absolute Gasteiger partial charge is 0.478 e. The third kappa shape index (κ3) is 2.82. The highest BCUT2D eigenvalue weighted by molar-refractivity contribution is 6.32. The van der Waals surface area contributed by atoms with Crippen molar-refractivity contribution in [3.63, 3.8) is 0 Å². The van der Waals surface area contributed by atoms with Crippen molar-refractivity contribution < 1.29 is 20.1 Å². The van der Waals surface area contributed by atoms with Crippen molar-refractivity contribution in [3.05, 3.63) is 28.5 Å². The molecule has 1 rings (SSSR count). The fraction of sp³-hybridized carbons (Fsp3) is 0.333. The molecule has 0 radical (unpaired) electrons. The maximum Gasteiger partial charge on any atom is 0.338 e. The molecule has 7 heteroatoms. The number of nitrogens with zero attached hydrogens (tertiary/aromatic N) is 1. The van der Waals surface area contributed by atoms with Crippen LogP contribution in [-0.4, -0.2) is 38.3 Å². The molecule has 0 saturated heterocycles. The molecular formula is C9H9Cl2NO4. The number of halogens is 2. The first-order valence-corrected chi connectivity index (χ1v) is 5.19. The predicted molar refractivity (Wildman–Crippen MR) is 57.9 cm³/mol. The van der Waals surface area contributed by atoms with Gasteiger partial charge in [0.2, 0.25) is 0 Å². The van der Waals surface area contributed by atoms with Gasteiger partial charge in [0.05, 0.1) is 17.5 Å². The van der Waals surface area contributed by atoms with Gasteiger partial charge in [-0.25, -0.2) is 9.78 Å². The van der Waals surface area contributed by atoms with Gasteiger partial charge in [-0.2, -0.15) is 0 Å². The Hall–Kier alpha value is -0.880. The van der Waals surface area contributed by atoms with Crippen molar-refractivity contribution in [1.82, 2.24) is 4.98 Å². The second-order valence-electron chi connectivity index (χ2n) is 3.08. The molecule has 0 aliphatic heterocycles. The monoisotopic (exact) mass is 265 g/mol. The first-order valence-electron chi connectivity index (χ1n) is 4.28. The number of hydrogen-bond donors (Lipinski definition) is 3. The van der Waals surface area contributed by atoms with Gasteiger partial charge >= 0.3 is 5.97 Å². The van der Waals surface area contributed by atoms with Crippen molar-refractivity contribution in [2.45, 2.75) is 12.2 Å². The smallest absolute Gasteiger partial charge is 0.338 e. The normalized spacial score (nSPS) is 14.5. The van der Waals surface area contributed by atoms with Crippen LogP contribution >= 0.6 is 23.2 Å². The number of pyridine rings is 1. The van der Waals surface area contributed by atoms with Crippen LogP contribution in [0.2, 0.25) is 5.15 Å². The second-order valence-corrected chi connectivity index (χ2v) is 3.75. The fourth-order valence-electron chi connectivity index (χ4n) is 1.08. The van der Waals surface area contributed by atoms with Gasteiger partial charge in [0, 0.05) is 11.8 Å². The summed E-state index contributed by atoms with van der Waals surface area (Å²) in [6.45, 7) is 0. The maximum absolute atomic E-state index is 10.7. The van der Waals surface area contributed by atoms with Crippen LogP contribution in [0.15, 0.2) is 12.3 Å². The lowest BCUT2D eigenvalue weighted by molar-refractivity contribution is 0.0324. The van der Waals surface area contributed by atoms with E-state index in [4.69, 9.17) is 28.3 Å². The van der Waals surface area contributed by atoms with Crippen LogP contribution < -0.4 is 0 Å². The van der Waals surface area contributed by atoms with E-state index in [0.29, 0.717) is 0 Å². The number of carboxylic acids is 1. The summed E-state index contributed by atoms with van der Waals surface area (Å²) in [5, 5.41) is 27.5. The van der Waals surface area contributed by atoms with E-state index < -0.39 is 18.2 Å². The number of aromatic nitrogens is 1. The van der Waals surface area contributed by atoms with Crippen molar-refractivity contribution in [2.75, 3.05) is 5.88 Å². The van der Waals surface area contributed by atoms with E-state index in [-0.39, 0.29) is 22.2 Å². The highest BCUT2D eigenvalue weighted by Gasteiger charge is 2.20. The first kappa shape index (κ1) is 13.2. The van der Waals surface area contributed by atoms with Crippen LogP contribution in [0.4, 0.5) is 0 Å². The summed E-state index contributed by atoms with van der Waals surface area (Å²) in [4.78, 5) is 14.3. The first-order chi connectivity index (χ1) is 7.47. The van der Waals surface area contributed by atoms with Gasteiger partial charge in [-0.05, 0) is 6.07 Å². The molecule has 0 aromatic carbocycles. The average Bonchev–Trinajstić information content (AvgIpc) is 2.27. The number of aliphatic hydroxyl groups excluding tert-OH is 2. The van der Waals surface area contributed by atoms with Crippen molar-refractivity contribution in [1.29, 1.82) is 0 Å². The minimum Gasteiger partial charge on any atom is -0.478 e. The lowest BCUT2D eigenvalue weighted by Crippen LogP contribution is -2.20. The lowest BCUT2D eigenvalue weighted by Gasteiger charge is -2.15. The number of carboxylic acid groups (broad SMARTS) is 1. The van der Waals surface area contributed by atoms with E-state index in [9.17, 15) is 15.0 Å². The molecule has 16 heavy (non-hydrogen) atoms. The van der Waals surface area contributed by atoms with Crippen LogP contribution in [0.3, 0.4) is 0 Å². The maximum atomic E-state index is 10.7. The molecule has 5 nitrogen and oxygen atoms in total. The number of alkyl halides is 1. The van der Waals surface area contributed by atoms with Gasteiger partial charge in [-0.3, -0.25) is 0 Å². The molecule has 0 aliphatic carbocycles. The molecule has 2 atom stereocenters. The Morgan fingerprint density at radius 2 is 2.12 bits per heavy atom. The van der Waals surface area contributed by atoms with Crippen LogP contribution in [0.1, 0.15) is 22.0 Å². The number of carbonyl (C=O) groups is 1. The molecule has 0 fully saturated rings. The number of aliphatic hydroxyl groups is 2. The fourth-order valence-corrected chi connectivity index (χ4v) is 1.44. The Morgan fingerprint density at radius 1 is 1.50 bits per heavy atom. The molecule has 1 heterocycles. The second kappa shape index (κ2) is 5.45. The Balaban J connectivity index is 3.07. The quantitative estimate of drug-likeness (QED) is 0.560. The molecule has 0 spiro atoms. The minimum absolute atomic E-state index is 0.148. The summed E-state index contributed by atoms with van der Waals surface area (Å²) < 4.78 is 0. The Morgan fingerprint density at radius 3 is 2.62 bits per heavy atom. The number of hydrogen-bond acceptors (Lipinski definition) is 4. The SMILES string of the molecule is O=C(O)c1cc(C(O)C(O)CCl)cnc1Cl. The molecule has 2 unspecified atom stereocenters. The molecule has 3 N–H and O–H groups in total. The van der Waals surface area contributed by atoms with E-state index in [1.54, 1.807) is 0 Å². The van der Waals surface area contributed by atoms with Gasteiger partial charge in [0.15, 0.2) is 0 Å². The Kier molecular flexibility index (Phi) is 4.49. The van der Waals surface area contributed by atoms with Gasteiger partial charge in [0.25, 0.3) is 0 Å². The molecule has 88 valence electrons. The molecule has 0 bridgehead atoms. The summed E-state index contributed by atoms with van der Waals surface area (Å²) in [5.74, 6) is -1.43. The van der Waals surface area contributed by atoms with E-state index in [2.05, 4.69) is 4.98 Å². The molecule has 0 aliphatic rings. The molecular weight excluding hydrogens is 257 g/mol. The van der Waals surface area contributed by atoms with Crippen LogP contribution in [0.5, 0.6) is 0 Å². The highest BCUT2D eigenvalue weighted by atomic mass is 35.5. The van der Waals surface area contributed by atoms with Crippen molar-refractivity contribution in [3.8, 4) is 0 Å². The lowest BCUT2D eigenvalue weighted by atomic mass is 10.1. The topological polar surface area (TPSA) is 90.7 Å². The molecule has 0 saturated carbocycles. The molecule has 0 amide bonds. The number of aromatic carboxylic acids is 1. The summed E-state index contributed by atoms with van der Waals surface area (Å²) in [6, 6.07) is 1.15. The van der Waals surface area contributed by atoms with Gasteiger partial charge in [-0.1, -0.05) is 11.6 Å². The minimum atomic E-state index is -1.29. The average molecular weight is 266 g/mol. The summed E-state index contributed by atoms with van der Waals surface area (Å²) >= 11 is 10.9. The third-order valence-corrected chi connectivity index (χ3v) is 2.57. The van der Waals surface area contributed by atoms with Crippen molar-refractivity contribution >= 4 is 29.2 Å². The summed E-state index contributed by atoms with van der Waals surface area (Å²) in [7, 11) is 0. The van der Waals surface area contributed by atoms with Crippen LogP contribution in [0.25, 0.3) is 0 Å². The third-order valence-electron chi connectivity index (χ3n) is 1.95. The zero-order valence-electron chi connectivity index (χ0n) is 7.97. The Bertz CT molecular complexity index is 399. The highest BCUT2D eigenvalue weighted by Crippen LogP contribution is 2.21. The van der Waals surface area contributed by atoms with Crippen molar-refractivity contribution in [2.24, 2.45) is 0 Å². The molecule has 1 aromatic rings. The summed E-state index contributed by atoms with van der Waals surface area (Å²) in [5.41, 5.74) is -0.0880. The predicted octanol–water partition coefficient (Wildman–Crippen LogP) is 1.07. The van der Waals surface area contributed by atoms with Gasteiger partial charge < -0.3 is 15.3 Å². The van der Waals surface area contributed by atoms with Gasteiger partial charge in [0.1, 0.15) is 11.3 Å². The van der Waals surface area contributed by atoms with E-state index in [0.717, 1.165) is 6.07 Å². The van der Waals surface area contributed by atoms with Crippen LogP contribution in [0, 0.1) is 0 Å². The number of rotatable bonds is 4. The summed E-state index contributed by atoms with van der Waals surface area (Å²) in [6.07, 6.45) is -1.29. The zero-order chi connectivity index (χ0) is 12.3. The van der Waals surface area contributed by atoms with Crippen LogP contribution in [-0.2, 0) is 0 Å². The van der Waals surface area contributed by atoms with E-state index >= 15 is 0 Å². The van der Waals surface area contributed by atoms with Gasteiger partial charge in [-0.15, -0.1) is 11.6 Å². The standard InChI is InChI=1S/C9H9Cl2NO4/c10-2-6(13)7(14)4-1-5(9(15)16)8(11)12-3-4/h1,3,6-7,13-14H,2H2,(H,15,16). The molecule has 1 aromatic heterocycles.